The first-order valence-electron chi connectivity index (χ1n) is 17.7. The van der Waals surface area contributed by atoms with Crippen LogP contribution < -0.4 is 10.2 Å². The van der Waals surface area contributed by atoms with Crippen molar-refractivity contribution in [2.24, 2.45) is 10.9 Å². The molecule has 0 saturated carbocycles. The third kappa shape index (κ3) is 6.49. The zero-order chi connectivity index (χ0) is 35.5. The smallest absolute Gasteiger partial charge is 0.257 e. The maximum absolute atomic E-state index is 14.0. The molecule has 3 aromatic rings. The largest absolute Gasteiger partial charge is 0.381 e. The predicted octanol–water partition coefficient (Wildman–Crippen LogP) is 4.97. The van der Waals surface area contributed by atoms with Crippen LogP contribution in [0.5, 0.6) is 0 Å². The number of ether oxygens (including phenoxy) is 1. The molecule has 3 aliphatic rings. The molecule has 3 aliphatic heterocycles. The van der Waals surface area contributed by atoms with Gasteiger partial charge < -0.3 is 19.9 Å². The fourth-order valence-corrected chi connectivity index (χ4v) is 5.25. The molecule has 214 valence electrons. The Bertz CT molecular complexity index is 1800. The van der Waals surface area contributed by atoms with Crippen molar-refractivity contribution in [3.05, 3.63) is 99.6 Å². The summed E-state index contributed by atoms with van der Waals surface area (Å²) in [6.45, 7) is -1.78. The van der Waals surface area contributed by atoms with Gasteiger partial charge in [-0.25, -0.2) is 8.78 Å². The highest BCUT2D eigenvalue weighted by atomic mass is 19.1. The Hall–Kier alpha value is -3.62. The van der Waals surface area contributed by atoms with Gasteiger partial charge in [-0.05, 0) is 97.2 Å². The molecule has 0 spiro atoms. The van der Waals surface area contributed by atoms with Gasteiger partial charge in [0, 0.05) is 64.9 Å². The normalized spacial score (nSPS) is 23.5. The summed E-state index contributed by atoms with van der Waals surface area (Å²) in [5.74, 6) is -3.02. The summed E-state index contributed by atoms with van der Waals surface area (Å²) in [5, 5.41) is 2.77. The molecule has 41 heavy (non-hydrogen) atoms. The average Bonchev–Trinajstić information content (AvgIpc) is 3.39. The van der Waals surface area contributed by atoms with Gasteiger partial charge in [0.05, 0.1) is 14.8 Å². The van der Waals surface area contributed by atoms with E-state index in [9.17, 15) is 14.9 Å². The molecule has 0 radical (unpaired) electrons. The number of nitrogens with zero attached hydrogens (tertiary/aromatic N) is 3. The standard InChI is InChI=1S/C33H36F2N4O2/c1-38-8-10-39(11-9-38)29-4-5-30(26(19-29)15-22-6-12-41-13-7-22)33(40)37-32-31-18-23(2-3-25(31)21-36-32)14-24-16-27(34)20-28(35)17-24/h2-5,16-20,22H,6-15,21H2,1H3,(H,36,37,40)/i4D,12D2,13D2,14D2,19D. The number of halogens is 2. The number of fused-ring (bicyclic) bond motifs is 1. The van der Waals surface area contributed by atoms with Gasteiger partial charge >= 0.3 is 0 Å². The fraction of sp³-hybridized carbons (Fsp3) is 0.394. The molecular formula is C33H36F2N4O2. The topological polar surface area (TPSA) is 57.2 Å². The Labute approximate surface area is 251 Å². The highest BCUT2D eigenvalue weighted by Crippen LogP contribution is 2.28. The number of amides is 1. The lowest BCUT2D eigenvalue weighted by Crippen LogP contribution is -2.44. The quantitative estimate of drug-likeness (QED) is 0.458. The predicted molar refractivity (Wildman–Crippen MR) is 157 cm³/mol. The zero-order valence-electron chi connectivity index (χ0n) is 30.7. The van der Waals surface area contributed by atoms with Crippen molar-refractivity contribution >= 4 is 17.4 Å². The van der Waals surface area contributed by atoms with Gasteiger partial charge in [0.25, 0.3) is 5.91 Å². The highest BCUT2D eigenvalue weighted by molar-refractivity contribution is 6.14. The molecule has 0 atom stereocenters. The highest BCUT2D eigenvalue weighted by Gasteiger charge is 2.24. The van der Waals surface area contributed by atoms with E-state index in [1.165, 1.54) is 18.2 Å². The molecule has 1 N–H and O–H groups in total. The number of hydrogen-bond acceptors (Lipinski definition) is 5. The molecule has 2 saturated heterocycles. The van der Waals surface area contributed by atoms with Crippen molar-refractivity contribution in [2.75, 3.05) is 51.2 Å². The summed E-state index contributed by atoms with van der Waals surface area (Å²) in [4.78, 5) is 22.5. The molecule has 0 aromatic heterocycles. The molecule has 0 aliphatic carbocycles. The second-order valence-electron chi connectivity index (χ2n) is 10.6. The summed E-state index contributed by atoms with van der Waals surface area (Å²) < 4.78 is 101. The minimum Gasteiger partial charge on any atom is -0.381 e. The molecule has 8 heteroatoms. The van der Waals surface area contributed by atoms with E-state index in [4.69, 9.17) is 14.3 Å². The number of benzene rings is 3. The van der Waals surface area contributed by atoms with Crippen LogP contribution in [0.1, 0.15) is 62.0 Å². The summed E-state index contributed by atoms with van der Waals surface area (Å²) in [6, 6.07) is 8.40. The van der Waals surface area contributed by atoms with Crippen molar-refractivity contribution in [1.29, 1.82) is 0 Å². The van der Waals surface area contributed by atoms with Gasteiger partial charge in [0.15, 0.2) is 0 Å². The van der Waals surface area contributed by atoms with Gasteiger partial charge in [0.1, 0.15) is 17.5 Å². The van der Waals surface area contributed by atoms with Crippen LogP contribution >= 0.6 is 0 Å². The number of nitrogens with one attached hydrogen (secondary N) is 1. The average molecular weight is 567 g/mol. The molecule has 3 heterocycles. The minimum absolute atomic E-state index is 0.00152. The van der Waals surface area contributed by atoms with Crippen LogP contribution in [0.2, 0.25) is 0 Å². The van der Waals surface area contributed by atoms with Crippen molar-refractivity contribution < 1.29 is 29.3 Å². The first kappa shape index (κ1) is 19.5. The number of rotatable bonds is 6. The van der Waals surface area contributed by atoms with E-state index in [2.05, 4.69) is 15.2 Å². The third-order valence-corrected chi connectivity index (χ3v) is 7.55. The van der Waals surface area contributed by atoms with E-state index >= 15 is 0 Å². The van der Waals surface area contributed by atoms with Gasteiger partial charge in [-0.1, -0.05) is 12.1 Å². The summed E-state index contributed by atoms with van der Waals surface area (Å²) >= 11 is 0. The van der Waals surface area contributed by atoms with E-state index in [-0.39, 0.29) is 66.0 Å². The Kier molecular flexibility index (Phi) is 5.75. The second-order valence-corrected chi connectivity index (χ2v) is 10.6. The third-order valence-electron chi connectivity index (χ3n) is 7.55. The van der Waals surface area contributed by atoms with E-state index in [0.717, 1.165) is 12.1 Å². The number of carbonyl (C=O) groups excluding carboxylic acids is 1. The number of likely N-dealkylation sites (N-methyl/N-ethyl adjacent to an activating group) is 1. The molecular weight excluding hydrogens is 522 g/mol. The molecule has 6 nitrogen and oxygen atoms in total. The number of anilines is 1. The molecule has 1 amide bonds. The van der Waals surface area contributed by atoms with E-state index in [1.807, 2.05) is 11.9 Å². The van der Waals surface area contributed by atoms with Crippen LogP contribution in [0.4, 0.5) is 14.5 Å². The lowest BCUT2D eigenvalue weighted by molar-refractivity contribution is 0.0664. The van der Waals surface area contributed by atoms with Crippen LogP contribution in [0.3, 0.4) is 0 Å². The summed E-state index contributed by atoms with van der Waals surface area (Å²) in [6.07, 6.45) is -2.61. The fourth-order valence-electron chi connectivity index (χ4n) is 5.25. The van der Waals surface area contributed by atoms with E-state index in [0.29, 0.717) is 49.1 Å². The van der Waals surface area contributed by atoms with Gasteiger partial charge in [-0.3, -0.25) is 9.79 Å². The van der Waals surface area contributed by atoms with Crippen molar-refractivity contribution in [3.8, 4) is 0 Å². The first-order chi connectivity index (χ1) is 22.9. The van der Waals surface area contributed by atoms with Gasteiger partial charge in [0.2, 0.25) is 0 Å². The van der Waals surface area contributed by atoms with Crippen molar-refractivity contribution in [1.82, 2.24) is 10.2 Å². The number of piperazine rings is 1. The Morgan fingerprint density at radius 3 is 2.61 bits per heavy atom. The Morgan fingerprint density at radius 1 is 1.10 bits per heavy atom. The number of aliphatic imine (C=N–C) groups is 1. The molecule has 2 fully saturated rings. The van der Waals surface area contributed by atoms with Gasteiger partial charge in [-0.15, -0.1) is 0 Å². The van der Waals surface area contributed by atoms with Crippen LogP contribution in [0, 0.1) is 17.6 Å². The second kappa shape index (κ2) is 12.1. The van der Waals surface area contributed by atoms with Gasteiger partial charge in [-0.2, -0.15) is 0 Å². The lowest BCUT2D eigenvalue weighted by Gasteiger charge is -2.34. The lowest BCUT2D eigenvalue weighted by atomic mass is 9.89. The van der Waals surface area contributed by atoms with Crippen LogP contribution in [0.25, 0.3) is 0 Å². The van der Waals surface area contributed by atoms with Crippen LogP contribution in [-0.4, -0.2) is 63.0 Å². The summed E-state index contributed by atoms with van der Waals surface area (Å²) in [5.41, 5.74) is 1.55. The molecule has 6 rings (SSSR count). The zero-order valence-corrected chi connectivity index (χ0v) is 22.7. The maximum Gasteiger partial charge on any atom is 0.257 e. The van der Waals surface area contributed by atoms with Crippen molar-refractivity contribution in [2.45, 2.75) is 32.2 Å². The molecule has 0 unspecified atom stereocenters. The van der Waals surface area contributed by atoms with Crippen LogP contribution in [-0.2, 0) is 24.1 Å². The SMILES string of the molecule is [2H]c1cc(C(=O)NC2=NCc3ccc(C([2H])([2H])c4cc(F)cc(F)c4)cc32)c(CC2CC([2H])([2H])OC([2H])([2H])C2)c([2H])c1N1CCN(C)CC1. The molecule has 3 aromatic carbocycles. The first-order valence-corrected chi connectivity index (χ1v) is 13.7. The van der Waals surface area contributed by atoms with Crippen molar-refractivity contribution in [3.63, 3.8) is 0 Å². The van der Waals surface area contributed by atoms with E-state index in [1.54, 1.807) is 6.07 Å². The number of carbonyl (C=O) groups is 1. The monoisotopic (exact) mass is 566 g/mol. The number of hydrogen-bond donors (Lipinski definition) is 1. The minimum atomic E-state index is -2.29. The van der Waals surface area contributed by atoms with E-state index < -0.39 is 43.0 Å². The summed E-state index contributed by atoms with van der Waals surface area (Å²) in [7, 11) is 1.98. The Balaban J connectivity index is 1.34. The maximum atomic E-state index is 14.0. The number of amidine groups is 1. The molecule has 0 bridgehead atoms. The Morgan fingerprint density at radius 2 is 1.85 bits per heavy atom. The van der Waals surface area contributed by atoms with Crippen LogP contribution in [0.15, 0.2) is 59.5 Å².